The van der Waals surface area contributed by atoms with E-state index in [1.807, 2.05) is 0 Å². The summed E-state index contributed by atoms with van der Waals surface area (Å²) < 4.78 is 0. The van der Waals surface area contributed by atoms with Crippen LogP contribution < -0.4 is 5.73 Å². The summed E-state index contributed by atoms with van der Waals surface area (Å²) in [7, 11) is 0. The summed E-state index contributed by atoms with van der Waals surface area (Å²) in [5.41, 5.74) is 19.7. The number of carboxylic acids is 1. The van der Waals surface area contributed by atoms with Crippen molar-refractivity contribution in [3.05, 3.63) is 23.8 Å². The number of hydrogen-bond donors (Lipinski definition) is 3. The van der Waals surface area contributed by atoms with E-state index in [0.717, 1.165) is 12.8 Å². The molecular formula is C11H21N3O3Pt. The normalized spacial score (nSPS) is 23.9. The molecule has 7 heteroatoms. The van der Waals surface area contributed by atoms with Crippen molar-refractivity contribution in [2.45, 2.75) is 50.2 Å². The minimum atomic E-state index is -1.04. The van der Waals surface area contributed by atoms with Gasteiger partial charge in [0.25, 0.3) is 0 Å². The standard InChI is InChI=1S/C6H12N2.C5H9NO3.Pt/c7-5-3-1-2-4-6(5)8;1-3(7)4(6)2-5(8)9;/h5-8H,1-4H2;4,7H,1-2,6H2,(H,8,9);/q-2;;+2. The smallest absolute Gasteiger partial charge is 0.676 e. The maximum atomic E-state index is 9.88. The molecule has 6 nitrogen and oxygen atoms in total. The maximum Gasteiger partial charge on any atom is 2.00 e. The van der Waals surface area contributed by atoms with Gasteiger partial charge in [0, 0.05) is 0 Å². The molecule has 1 saturated carbocycles. The van der Waals surface area contributed by atoms with E-state index in [-0.39, 0.29) is 45.3 Å². The van der Waals surface area contributed by atoms with Crippen LogP contribution in [0.25, 0.3) is 11.5 Å². The number of aliphatic hydroxyl groups is 1. The average molecular weight is 438 g/mol. The first-order chi connectivity index (χ1) is 7.84. The van der Waals surface area contributed by atoms with Crippen molar-refractivity contribution < 1.29 is 36.1 Å². The summed E-state index contributed by atoms with van der Waals surface area (Å²) in [5.74, 6) is -1.34. The molecule has 1 aliphatic carbocycles. The minimum absolute atomic E-state index is 0. The first kappa shape index (κ1) is 19.9. The summed E-state index contributed by atoms with van der Waals surface area (Å²) in [6, 6.07) is -1.00. The van der Waals surface area contributed by atoms with Gasteiger partial charge in [-0.2, -0.15) is 12.1 Å². The fraction of sp³-hybridized carbons (Fsp3) is 0.727. The molecule has 0 aromatic carbocycles. The van der Waals surface area contributed by atoms with Gasteiger partial charge in [-0.25, -0.2) is 0 Å². The quantitative estimate of drug-likeness (QED) is 0.583. The average Bonchev–Trinajstić information content (AvgIpc) is 2.22. The number of nitrogens with one attached hydrogen (secondary N) is 2. The van der Waals surface area contributed by atoms with Crippen LogP contribution in [0.3, 0.4) is 0 Å². The Morgan fingerprint density at radius 3 is 1.83 bits per heavy atom. The van der Waals surface area contributed by atoms with E-state index < -0.39 is 12.0 Å². The van der Waals surface area contributed by atoms with Crippen molar-refractivity contribution in [2.75, 3.05) is 0 Å². The molecule has 0 radical (unpaired) electrons. The molecule has 1 fully saturated rings. The number of carboxylic acid groups (broad SMARTS) is 1. The Labute approximate surface area is 122 Å². The summed E-state index contributed by atoms with van der Waals surface area (Å²) in [4.78, 5) is 9.88. The number of hydrogen-bond acceptors (Lipinski definition) is 3. The Morgan fingerprint density at radius 1 is 1.28 bits per heavy atom. The van der Waals surface area contributed by atoms with Gasteiger partial charge >= 0.3 is 27.0 Å². The Morgan fingerprint density at radius 2 is 1.67 bits per heavy atom. The van der Waals surface area contributed by atoms with Gasteiger partial charge in [-0.1, -0.05) is 32.3 Å². The Hall–Kier alpha value is -0.422. The molecule has 0 amide bonds. The summed E-state index contributed by atoms with van der Waals surface area (Å²) >= 11 is 0. The second-order valence-corrected chi connectivity index (χ2v) is 4.19. The maximum absolute atomic E-state index is 9.88. The van der Waals surface area contributed by atoms with E-state index >= 15 is 0 Å². The molecule has 6 N–H and O–H groups in total. The van der Waals surface area contributed by atoms with E-state index in [4.69, 9.17) is 27.4 Å². The van der Waals surface area contributed by atoms with Crippen LogP contribution in [0.4, 0.5) is 0 Å². The molecule has 0 saturated heterocycles. The largest absolute Gasteiger partial charge is 2.00 e. The van der Waals surface area contributed by atoms with Crippen molar-refractivity contribution in [1.29, 1.82) is 0 Å². The summed E-state index contributed by atoms with van der Waals surface area (Å²) in [5, 5.41) is 16.6. The molecule has 108 valence electrons. The van der Waals surface area contributed by atoms with Crippen molar-refractivity contribution >= 4 is 5.97 Å². The molecule has 3 atom stereocenters. The summed E-state index contributed by atoms with van der Waals surface area (Å²) in [6.45, 7) is 3.08. The topological polar surface area (TPSA) is 131 Å². The zero-order valence-corrected chi connectivity index (χ0v) is 12.4. The second kappa shape index (κ2) is 10.5. The van der Waals surface area contributed by atoms with E-state index in [1.54, 1.807) is 0 Å². The van der Waals surface area contributed by atoms with Crippen LogP contribution in [0.1, 0.15) is 32.1 Å². The number of nitrogens with two attached hydrogens (primary N) is 1. The molecule has 0 heterocycles. The zero-order valence-electron chi connectivity index (χ0n) is 10.2. The predicted molar refractivity (Wildman–Crippen MR) is 66.7 cm³/mol. The molecule has 0 aromatic heterocycles. The molecule has 18 heavy (non-hydrogen) atoms. The van der Waals surface area contributed by atoms with Gasteiger partial charge in [0.15, 0.2) is 0 Å². The van der Waals surface area contributed by atoms with E-state index in [9.17, 15) is 4.79 Å². The van der Waals surface area contributed by atoms with Crippen LogP contribution >= 0.6 is 0 Å². The van der Waals surface area contributed by atoms with Crippen molar-refractivity contribution in [1.82, 2.24) is 0 Å². The van der Waals surface area contributed by atoms with Gasteiger partial charge in [-0.3, -0.25) is 4.79 Å². The number of aliphatic carboxylic acids is 1. The fourth-order valence-corrected chi connectivity index (χ4v) is 1.44. The van der Waals surface area contributed by atoms with Gasteiger partial charge in [-0.15, -0.1) is 0 Å². The van der Waals surface area contributed by atoms with Crippen molar-refractivity contribution in [3.8, 4) is 0 Å². The van der Waals surface area contributed by atoms with Gasteiger partial charge in [0.05, 0.1) is 12.5 Å². The van der Waals surface area contributed by atoms with Gasteiger partial charge in [0.1, 0.15) is 5.76 Å². The van der Waals surface area contributed by atoms with Crippen LogP contribution in [0.15, 0.2) is 12.3 Å². The molecule has 3 unspecified atom stereocenters. The number of rotatable bonds is 3. The SMILES string of the molecule is C=C(O)C(N)CC(=O)O.[NH-]C1CCCCC1[NH-].[Pt+2]. The van der Waals surface area contributed by atoms with E-state index in [2.05, 4.69) is 6.58 Å². The van der Waals surface area contributed by atoms with Crippen LogP contribution in [0, 0.1) is 0 Å². The molecule has 0 aromatic rings. The molecule has 1 rings (SSSR count). The van der Waals surface area contributed by atoms with Crippen LogP contribution in [0.5, 0.6) is 0 Å². The monoisotopic (exact) mass is 438 g/mol. The van der Waals surface area contributed by atoms with Gasteiger partial charge < -0.3 is 27.4 Å². The first-order valence-electron chi connectivity index (χ1n) is 5.62. The third kappa shape index (κ3) is 9.59. The predicted octanol–water partition coefficient (Wildman–Crippen LogP) is 2.26. The number of carbonyl (C=O) groups is 1. The van der Waals surface area contributed by atoms with E-state index in [1.165, 1.54) is 12.8 Å². The summed E-state index contributed by atoms with van der Waals surface area (Å²) in [6.07, 6.45) is 3.96. The van der Waals surface area contributed by atoms with Crippen LogP contribution in [-0.2, 0) is 25.9 Å². The van der Waals surface area contributed by atoms with E-state index in [0.29, 0.717) is 0 Å². The Kier molecular flexibility index (Phi) is 11.6. The van der Waals surface area contributed by atoms with Crippen LogP contribution in [0.2, 0.25) is 0 Å². The van der Waals surface area contributed by atoms with Gasteiger partial charge in [-0.05, 0) is 0 Å². The third-order valence-corrected chi connectivity index (χ3v) is 2.59. The molecule has 1 aliphatic rings. The molecule has 0 aliphatic heterocycles. The Bertz CT molecular complexity index is 254. The van der Waals surface area contributed by atoms with Crippen molar-refractivity contribution in [3.63, 3.8) is 0 Å². The zero-order chi connectivity index (χ0) is 13.4. The second-order valence-electron chi connectivity index (χ2n) is 4.19. The van der Waals surface area contributed by atoms with Crippen molar-refractivity contribution in [2.24, 2.45) is 5.73 Å². The number of aliphatic hydroxyl groups excluding tert-OH is 1. The minimum Gasteiger partial charge on any atom is -0.676 e. The Balaban J connectivity index is 0. The first-order valence-corrected chi connectivity index (χ1v) is 5.62. The molecule has 0 bridgehead atoms. The van der Waals surface area contributed by atoms with Gasteiger partial charge in [0.2, 0.25) is 0 Å². The molecular weight excluding hydrogens is 417 g/mol. The third-order valence-electron chi connectivity index (χ3n) is 2.59. The van der Waals surface area contributed by atoms with Crippen LogP contribution in [-0.4, -0.2) is 34.3 Å². The fourth-order valence-electron chi connectivity index (χ4n) is 1.44. The molecule has 0 spiro atoms.